The molecule has 1 heterocycles. The van der Waals surface area contributed by atoms with Gasteiger partial charge in [0, 0.05) is 30.3 Å². The minimum Gasteiger partial charge on any atom is -0.478 e. The summed E-state index contributed by atoms with van der Waals surface area (Å²) in [4.78, 5) is 22.6. The monoisotopic (exact) mass is 361 g/mol. The molecule has 0 spiro atoms. The van der Waals surface area contributed by atoms with Crippen LogP contribution < -0.4 is 4.90 Å². The highest BCUT2D eigenvalue weighted by atomic mass is 19.1. The van der Waals surface area contributed by atoms with Gasteiger partial charge in [-0.3, -0.25) is 0 Å². The number of para-hydroxylation sites is 1. The molecule has 134 valence electrons. The lowest BCUT2D eigenvalue weighted by molar-refractivity contribution is -0.132. The number of carboxylic acid groups (broad SMARTS) is 1. The van der Waals surface area contributed by atoms with E-state index in [1.807, 2.05) is 42.3 Å². The Morgan fingerprint density at radius 1 is 1.07 bits per heavy atom. The van der Waals surface area contributed by atoms with Gasteiger partial charge in [-0.05, 0) is 42.5 Å². The largest absolute Gasteiger partial charge is 0.478 e. The molecule has 2 aromatic carbocycles. The summed E-state index contributed by atoms with van der Waals surface area (Å²) in [5.41, 5.74) is 3.62. The summed E-state index contributed by atoms with van der Waals surface area (Å²) >= 11 is 0. The van der Waals surface area contributed by atoms with Crippen molar-refractivity contribution in [2.75, 3.05) is 11.9 Å². The van der Waals surface area contributed by atoms with E-state index in [-0.39, 0.29) is 17.8 Å². The van der Waals surface area contributed by atoms with Crippen LogP contribution in [0.5, 0.6) is 0 Å². The molecule has 0 unspecified atom stereocenters. The van der Waals surface area contributed by atoms with Crippen LogP contribution in [0.1, 0.15) is 11.4 Å². The van der Waals surface area contributed by atoms with E-state index in [2.05, 4.69) is 4.98 Å². The third-order valence-corrected chi connectivity index (χ3v) is 4.50. The molecule has 0 fully saturated rings. The Bertz CT molecular complexity index is 1050. The molecule has 0 aliphatic heterocycles. The van der Waals surface area contributed by atoms with Gasteiger partial charge in [0.25, 0.3) is 0 Å². The fourth-order valence-corrected chi connectivity index (χ4v) is 3.06. The molecule has 1 aliphatic rings. The Labute approximate surface area is 155 Å². The number of benzene rings is 2. The first-order valence-corrected chi connectivity index (χ1v) is 8.42. The molecular weight excluding hydrogens is 345 g/mol. The Kier molecular flexibility index (Phi) is 4.16. The average Bonchev–Trinajstić information content (AvgIpc) is 3.11. The molecule has 1 N–H and O–H groups in total. The van der Waals surface area contributed by atoms with Crippen LogP contribution in [0.2, 0.25) is 0 Å². The second-order valence-electron chi connectivity index (χ2n) is 6.28. The van der Waals surface area contributed by atoms with E-state index in [1.165, 1.54) is 12.1 Å². The van der Waals surface area contributed by atoms with Crippen molar-refractivity contribution in [1.82, 2.24) is 9.97 Å². The van der Waals surface area contributed by atoms with Crippen LogP contribution in [-0.4, -0.2) is 28.1 Å². The molecule has 6 heteroatoms. The highest BCUT2D eigenvalue weighted by Gasteiger charge is 2.25. The fourth-order valence-electron chi connectivity index (χ4n) is 3.06. The van der Waals surface area contributed by atoms with Crippen LogP contribution >= 0.6 is 0 Å². The van der Waals surface area contributed by atoms with Crippen molar-refractivity contribution in [1.29, 1.82) is 0 Å². The van der Waals surface area contributed by atoms with Crippen molar-refractivity contribution in [3.05, 3.63) is 77.4 Å². The number of rotatable bonds is 4. The number of hydrogen-bond acceptors (Lipinski definition) is 4. The zero-order valence-corrected chi connectivity index (χ0v) is 14.6. The summed E-state index contributed by atoms with van der Waals surface area (Å²) in [6.07, 6.45) is 1.78. The Morgan fingerprint density at radius 3 is 2.44 bits per heavy atom. The summed E-state index contributed by atoms with van der Waals surface area (Å²) in [6.45, 7) is 0. The van der Waals surface area contributed by atoms with Crippen molar-refractivity contribution in [3.8, 4) is 11.3 Å². The van der Waals surface area contributed by atoms with Crippen molar-refractivity contribution in [2.45, 2.75) is 6.42 Å². The summed E-state index contributed by atoms with van der Waals surface area (Å²) < 4.78 is 13.4. The number of halogens is 1. The van der Waals surface area contributed by atoms with Crippen LogP contribution in [0, 0.1) is 5.82 Å². The van der Waals surface area contributed by atoms with Gasteiger partial charge < -0.3 is 10.0 Å². The second kappa shape index (κ2) is 6.64. The van der Waals surface area contributed by atoms with E-state index in [0.717, 1.165) is 5.69 Å². The average molecular weight is 361 g/mol. The zero-order valence-electron chi connectivity index (χ0n) is 14.6. The quantitative estimate of drug-likeness (QED) is 0.759. The lowest BCUT2D eigenvalue weighted by atomic mass is 10.1. The Morgan fingerprint density at radius 2 is 1.78 bits per heavy atom. The maximum absolute atomic E-state index is 13.4. The molecular formula is C21H16FN3O2. The zero-order chi connectivity index (χ0) is 19.0. The van der Waals surface area contributed by atoms with Crippen LogP contribution in [0.3, 0.4) is 0 Å². The van der Waals surface area contributed by atoms with E-state index in [0.29, 0.717) is 28.5 Å². The molecule has 3 aromatic rings. The first kappa shape index (κ1) is 16.9. The van der Waals surface area contributed by atoms with Gasteiger partial charge in [-0.1, -0.05) is 18.2 Å². The molecule has 27 heavy (non-hydrogen) atoms. The number of aliphatic carboxylic acids is 1. The maximum atomic E-state index is 13.4. The topological polar surface area (TPSA) is 66.3 Å². The number of carbonyl (C=O) groups is 1. The predicted molar refractivity (Wildman–Crippen MR) is 101 cm³/mol. The number of fused-ring (bicyclic) bond motifs is 1. The number of anilines is 2. The number of nitrogens with zero attached hydrogens (tertiary/aromatic N) is 3. The van der Waals surface area contributed by atoms with E-state index >= 15 is 0 Å². The van der Waals surface area contributed by atoms with Gasteiger partial charge in [0.1, 0.15) is 11.5 Å². The third-order valence-electron chi connectivity index (χ3n) is 4.50. The van der Waals surface area contributed by atoms with Gasteiger partial charge in [-0.25, -0.2) is 19.2 Å². The van der Waals surface area contributed by atoms with Crippen LogP contribution in [-0.2, 0) is 11.2 Å². The molecule has 0 atom stereocenters. The van der Waals surface area contributed by atoms with Gasteiger partial charge in [0.2, 0.25) is 0 Å². The molecule has 0 amide bonds. The molecule has 1 aliphatic carbocycles. The second-order valence-corrected chi connectivity index (χ2v) is 6.28. The lowest BCUT2D eigenvalue weighted by Gasteiger charge is -2.22. The first-order valence-electron chi connectivity index (χ1n) is 8.42. The summed E-state index contributed by atoms with van der Waals surface area (Å²) in [5.74, 6) is -0.721. The van der Waals surface area contributed by atoms with Crippen LogP contribution in [0.25, 0.3) is 17.3 Å². The number of hydrogen-bond donors (Lipinski definition) is 1. The lowest BCUT2D eigenvalue weighted by Crippen LogP contribution is -2.15. The molecule has 5 nitrogen and oxygen atoms in total. The smallest absolute Gasteiger partial charge is 0.332 e. The van der Waals surface area contributed by atoms with Gasteiger partial charge in [-0.15, -0.1) is 0 Å². The van der Waals surface area contributed by atoms with Gasteiger partial charge in [-0.2, -0.15) is 0 Å². The number of carboxylic acids is 1. The maximum Gasteiger partial charge on any atom is 0.332 e. The van der Waals surface area contributed by atoms with Crippen molar-refractivity contribution < 1.29 is 14.3 Å². The Balaban J connectivity index is 1.87. The SMILES string of the molecule is CN(c1ccccc1)c1nc2c(nc1-c1ccc(F)cc1)C=C(C(=O)O)C2. The molecule has 4 rings (SSSR count). The van der Waals surface area contributed by atoms with E-state index in [9.17, 15) is 14.3 Å². The van der Waals surface area contributed by atoms with Gasteiger partial charge in [0.05, 0.1) is 11.4 Å². The molecule has 0 saturated carbocycles. The van der Waals surface area contributed by atoms with E-state index in [4.69, 9.17) is 4.98 Å². The highest BCUT2D eigenvalue weighted by Crippen LogP contribution is 2.35. The van der Waals surface area contributed by atoms with E-state index < -0.39 is 5.97 Å². The van der Waals surface area contributed by atoms with E-state index in [1.54, 1.807) is 18.2 Å². The summed E-state index contributed by atoms with van der Waals surface area (Å²) in [5, 5.41) is 9.28. The third kappa shape index (κ3) is 3.17. The number of aromatic nitrogens is 2. The summed E-state index contributed by atoms with van der Waals surface area (Å²) in [7, 11) is 1.87. The van der Waals surface area contributed by atoms with Crippen molar-refractivity contribution in [3.63, 3.8) is 0 Å². The minimum atomic E-state index is -0.976. The van der Waals surface area contributed by atoms with Gasteiger partial charge in [0.15, 0.2) is 5.82 Å². The first-order chi connectivity index (χ1) is 13.0. The minimum absolute atomic E-state index is 0.233. The standard InChI is InChI=1S/C21H16FN3O2/c1-25(16-5-3-2-4-6-16)20-19(13-7-9-15(22)10-8-13)23-17-11-14(21(26)27)12-18(17)24-20/h2-11H,12H2,1H3,(H,26,27). The van der Waals surface area contributed by atoms with Crippen LogP contribution in [0.4, 0.5) is 15.9 Å². The predicted octanol–water partition coefficient (Wildman–Crippen LogP) is 4.07. The van der Waals surface area contributed by atoms with Crippen molar-refractivity contribution >= 4 is 23.6 Å². The van der Waals surface area contributed by atoms with Crippen LogP contribution in [0.15, 0.2) is 60.2 Å². The molecule has 0 radical (unpaired) electrons. The fraction of sp³-hybridized carbons (Fsp3) is 0.0952. The van der Waals surface area contributed by atoms with Gasteiger partial charge >= 0.3 is 5.97 Å². The molecule has 1 aromatic heterocycles. The molecule has 0 saturated heterocycles. The Hall–Kier alpha value is -3.54. The summed E-state index contributed by atoms with van der Waals surface area (Å²) in [6, 6.07) is 15.7. The normalized spacial score (nSPS) is 12.4. The highest BCUT2D eigenvalue weighted by molar-refractivity contribution is 5.95. The van der Waals surface area contributed by atoms with Crippen molar-refractivity contribution in [2.24, 2.45) is 0 Å². The molecule has 0 bridgehead atoms.